The number of piperidine rings is 1. The van der Waals surface area contributed by atoms with E-state index in [-0.39, 0.29) is 12.9 Å². The van der Waals surface area contributed by atoms with Gasteiger partial charge in [0.2, 0.25) is 0 Å². The van der Waals surface area contributed by atoms with Gasteiger partial charge in [-0.3, -0.25) is 19.5 Å². The van der Waals surface area contributed by atoms with Crippen molar-refractivity contribution in [1.82, 2.24) is 14.8 Å². The standard InChI is InChI=1S/C15H25N3O.2CH2O2/c1-12-7-8-15(19)14(16-12)11-17(2)10-13-6-4-5-9-18(13)3;2*2-1-3/h7-8,13,19H,4-6,9-11H2,1-3H3;2*1H,(H,2,3). The summed E-state index contributed by atoms with van der Waals surface area (Å²) < 4.78 is 0. The Hall–Kier alpha value is -2.19. The molecule has 1 unspecified atom stereocenters. The number of rotatable bonds is 4. The predicted octanol–water partition coefficient (Wildman–Crippen LogP) is 1.41. The zero-order valence-electron chi connectivity index (χ0n) is 15.1. The third-order valence-corrected chi connectivity index (χ3v) is 3.95. The second-order valence-corrected chi connectivity index (χ2v) is 5.96. The van der Waals surface area contributed by atoms with E-state index in [4.69, 9.17) is 19.8 Å². The molecule has 25 heavy (non-hydrogen) atoms. The van der Waals surface area contributed by atoms with Crippen LogP contribution in [0.25, 0.3) is 0 Å². The maximum atomic E-state index is 9.84. The summed E-state index contributed by atoms with van der Waals surface area (Å²) in [6, 6.07) is 4.21. The summed E-state index contributed by atoms with van der Waals surface area (Å²) >= 11 is 0. The van der Waals surface area contributed by atoms with E-state index in [0.717, 1.165) is 17.9 Å². The normalized spacial score (nSPS) is 16.9. The highest BCUT2D eigenvalue weighted by molar-refractivity contribution is 5.33. The Morgan fingerprint density at radius 1 is 1.28 bits per heavy atom. The molecule has 0 spiro atoms. The van der Waals surface area contributed by atoms with Crippen LogP contribution in [0.5, 0.6) is 5.75 Å². The highest BCUT2D eigenvalue weighted by Crippen LogP contribution is 2.19. The molecule has 142 valence electrons. The van der Waals surface area contributed by atoms with Crippen molar-refractivity contribution < 1.29 is 24.9 Å². The predicted molar refractivity (Wildman–Crippen MR) is 94.6 cm³/mol. The zero-order valence-corrected chi connectivity index (χ0v) is 15.1. The number of carbonyl (C=O) groups is 2. The van der Waals surface area contributed by atoms with E-state index in [1.165, 1.54) is 25.8 Å². The Labute approximate surface area is 148 Å². The van der Waals surface area contributed by atoms with Crippen LogP contribution in [0.4, 0.5) is 0 Å². The number of pyridine rings is 1. The van der Waals surface area contributed by atoms with Gasteiger partial charge in [0.05, 0.1) is 5.69 Å². The number of hydrogen-bond donors (Lipinski definition) is 3. The number of aryl methyl sites for hydroxylation is 1. The molecule has 8 heteroatoms. The number of likely N-dealkylation sites (tertiary alicyclic amines) is 1. The smallest absolute Gasteiger partial charge is 0.290 e. The Kier molecular flexibility index (Phi) is 12.0. The molecule has 1 aliphatic rings. The third kappa shape index (κ3) is 9.63. The molecule has 3 N–H and O–H groups in total. The van der Waals surface area contributed by atoms with Gasteiger partial charge in [-0.1, -0.05) is 6.42 Å². The first-order valence-corrected chi connectivity index (χ1v) is 8.09. The lowest BCUT2D eigenvalue weighted by Gasteiger charge is -2.35. The van der Waals surface area contributed by atoms with Crippen LogP contribution in [0.15, 0.2) is 12.1 Å². The van der Waals surface area contributed by atoms with Crippen molar-refractivity contribution in [3.63, 3.8) is 0 Å². The minimum atomic E-state index is -0.250. The lowest BCUT2D eigenvalue weighted by molar-refractivity contribution is -0.123. The van der Waals surface area contributed by atoms with Crippen molar-refractivity contribution in [2.45, 2.75) is 38.8 Å². The Morgan fingerprint density at radius 2 is 1.88 bits per heavy atom. The van der Waals surface area contributed by atoms with E-state index in [2.05, 4.69) is 28.9 Å². The molecule has 1 fully saturated rings. The van der Waals surface area contributed by atoms with Crippen LogP contribution in [0.1, 0.15) is 30.7 Å². The number of hydrogen-bond acceptors (Lipinski definition) is 6. The summed E-state index contributed by atoms with van der Waals surface area (Å²) in [6.07, 6.45) is 3.92. The molecule has 0 radical (unpaired) electrons. The number of aromatic nitrogens is 1. The topological polar surface area (TPSA) is 114 Å². The van der Waals surface area contributed by atoms with Gasteiger partial charge < -0.3 is 20.2 Å². The van der Waals surface area contributed by atoms with Crippen molar-refractivity contribution >= 4 is 12.9 Å². The van der Waals surface area contributed by atoms with Gasteiger partial charge in [0.15, 0.2) is 0 Å². The fraction of sp³-hybridized carbons (Fsp3) is 0.588. The van der Waals surface area contributed by atoms with E-state index in [9.17, 15) is 5.11 Å². The van der Waals surface area contributed by atoms with E-state index >= 15 is 0 Å². The van der Waals surface area contributed by atoms with Gasteiger partial charge in [0.1, 0.15) is 5.75 Å². The van der Waals surface area contributed by atoms with Crippen LogP contribution < -0.4 is 0 Å². The Morgan fingerprint density at radius 3 is 2.44 bits per heavy atom. The van der Waals surface area contributed by atoms with Gasteiger partial charge in [0.25, 0.3) is 12.9 Å². The second kappa shape index (κ2) is 13.1. The number of carboxylic acid groups (broad SMARTS) is 2. The van der Waals surface area contributed by atoms with Crippen molar-refractivity contribution in [2.24, 2.45) is 0 Å². The van der Waals surface area contributed by atoms with Crippen LogP contribution in [0.3, 0.4) is 0 Å². The molecule has 0 aliphatic carbocycles. The van der Waals surface area contributed by atoms with Crippen LogP contribution in [0.2, 0.25) is 0 Å². The third-order valence-electron chi connectivity index (χ3n) is 3.95. The molecule has 1 aromatic heterocycles. The molecule has 1 atom stereocenters. The van der Waals surface area contributed by atoms with E-state index < -0.39 is 0 Å². The van der Waals surface area contributed by atoms with Crippen molar-refractivity contribution in [3.8, 4) is 5.75 Å². The van der Waals surface area contributed by atoms with Gasteiger partial charge in [-0.05, 0) is 52.5 Å². The Bertz CT molecular complexity index is 507. The molecule has 0 amide bonds. The SMILES string of the molecule is Cc1ccc(O)c(CN(C)CC2CCCCN2C)n1.O=CO.O=CO. The quantitative estimate of drug-likeness (QED) is 0.695. The summed E-state index contributed by atoms with van der Waals surface area (Å²) in [6.45, 7) is 4.40. The maximum Gasteiger partial charge on any atom is 0.290 e. The van der Waals surface area contributed by atoms with Crippen molar-refractivity contribution in [2.75, 3.05) is 27.2 Å². The van der Waals surface area contributed by atoms with Gasteiger partial charge in [-0.25, -0.2) is 0 Å². The largest absolute Gasteiger partial charge is 0.506 e. The first-order valence-electron chi connectivity index (χ1n) is 8.09. The first kappa shape index (κ1) is 22.8. The minimum Gasteiger partial charge on any atom is -0.506 e. The average Bonchev–Trinajstić information content (AvgIpc) is 2.55. The highest BCUT2D eigenvalue weighted by atomic mass is 16.3. The minimum absolute atomic E-state index is 0.250. The van der Waals surface area contributed by atoms with Crippen LogP contribution in [0, 0.1) is 6.92 Å². The summed E-state index contributed by atoms with van der Waals surface area (Å²) in [7, 11) is 4.31. The van der Waals surface area contributed by atoms with Crippen molar-refractivity contribution in [1.29, 1.82) is 0 Å². The molecule has 8 nitrogen and oxygen atoms in total. The second-order valence-electron chi connectivity index (χ2n) is 5.96. The van der Waals surface area contributed by atoms with E-state index in [1.807, 2.05) is 13.0 Å². The Balaban J connectivity index is 0.000000844. The molecule has 1 saturated heterocycles. The zero-order chi connectivity index (χ0) is 19.2. The van der Waals surface area contributed by atoms with E-state index in [1.54, 1.807) is 6.07 Å². The number of nitrogens with zero attached hydrogens (tertiary/aromatic N) is 3. The first-order chi connectivity index (χ1) is 11.9. The fourth-order valence-corrected chi connectivity index (χ4v) is 2.77. The summed E-state index contributed by atoms with van der Waals surface area (Å²) in [5.41, 5.74) is 1.73. The molecule has 2 rings (SSSR count). The van der Waals surface area contributed by atoms with Gasteiger partial charge in [0, 0.05) is 24.8 Å². The van der Waals surface area contributed by atoms with Gasteiger partial charge in [-0.2, -0.15) is 0 Å². The average molecular weight is 355 g/mol. The lowest BCUT2D eigenvalue weighted by atomic mass is 10.0. The number of aromatic hydroxyl groups is 1. The summed E-state index contributed by atoms with van der Waals surface area (Å²) in [5.74, 6) is 0.300. The van der Waals surface area contributed by atoms with Gasteiger partial charge in [-0.15, -0.1) is 0 Å². The molecule has 2 heterocycles. The summed E-state index contributed by atoms with van der Waals surface area (Å²) in [5, 5.41) is 23.6. The van der Waals surface area contributed by atoms with Crippen LogP contribution in [-0.2, 0) is 16.1 Å². The van der Waals surface area contributed by atoms with E-state index in [0.29, 0.717) is 18.3 Å². The van der Waals surface area contributed by atoms with Crippen LogP contribution in [-0.4, -0.2) is 76.3 Å². The van der Waals surface area contributed by atoms with Crippen molar-refractivity contribution in [3.05, 3.63) is 23.5 Å². The monoisotopic (exact) mass is 355 g/mol. The molecule has 1 aromatic rings. The molecular weight excluding hydrogens is 326 g/mol. The summed E-state index contributed by atoms with van der Waals surface area (Å²) in [4.78, 5) is 25.8. The molecule has 0 saturated carbocycles. The molecule has 0 aromatic carbocycles. The lowest BCUT2D eigenvalue weighted by Crippen LogP contribution is -2.43. The highest BCUT2D eigenvalue weighted by Gasteiger charge is 2.20. The maximum absolute atomic E-state index is 9.84. The van der Waals surface area contributed by atoms with Gasteiger partial charge >= 0.3 is 0 Å². The molecule has 1 aliphatic heterocycles. The molecule has 0 bridgehead atoms. The fourth-order valence-electron chi connectivity index (χ4n) is 2.77. The van der Waals surface area contributed by atoms with Crippen LogP contribution >= 0.6 is 0 Å². The number of likely N-dealkylation sites (N-methyl/N-ethyl adjacent to an activating group) is 2. The molecular formula is C17H29N3O5.